The van der Waals surface area contributed by atoms with Crippen LogP contribution in [0.15, 0.2) is 121 Å². The van der Waals surface area contributed by atoms with Gasteiger partial charge in [0.2, 0.25) is 0 Å². The lowest BCUT2D eigenvalue weighted by atomic mass is 9.86. The predicted molar refractivity (Wildman–Crippen MR) is 210 cm³/mol. The number of phenols is 1. The number of nitrogens with zero attached hydrogens (tertiary/aromatic N) is 2. The van der Waals surface area contributed by atoms with Crippen molar-refractivity contribution in [3.8, 4) is 56.2 Å². The second kappa shape index (κ2) is 13.1. The molecule has 6 aromatic carbocycles. The lowest BCUT2D eigenvalue weighted by Gasteiger charge is -2.21. The van der Waals surface area contributed by atoms with E-state index >= 15 is 0 Å². The summed E-state index contributed by atoms with van der Waals surface area (Å²) in [5.74, 6) is 2.15. The quantitative estimate of drug-likeness (QED) is 0.170. The molecular formula is C47H47N2O+. The predicted octanol–water partition coefficient (Wildman–Crippen LogP) is 12.0. The largest absolute Gasteiger partial charge is 0.507 e. The van der Waals surface area contributed by atoms with Crippen molar-refractivity contribution >= 4 is 11.0 Å². The van der Waals surface area contributed by atoms with E-state index in [0.29, 0.717) is 17.6 Å². The molecule has 0 aliphatic heterocycles. The van der Waals surface area contributed by atoms with E-state index in [1.54, 1.807) is 0 Å². The van der Waals surface area contributed by atoms with E-state index in [4.69, 9.17) is 0 Å². The number of para-hydroxylation sites is 3. The van der Waals surface area contributed by atoms with Gasteiger partial charge < -0.3 is 5.11 Å². The number of hydrogen-bond acceptors (Lipinski definition) is 1. The van der Waals surface area contributed by atoms with Crippen molar-refractivity contribution in [2.24, 2.45) is 7.05 Å². The second-order valence-electron chi connectivity index (χ2n) is 14.3. The molecule has 7 rings (SSSR count). The molecule has 0 bridgehead atoms. The minimum Gasteiger partial charge on any atom is -0.507 e. The molecule has 3 nitrogen and oxygen atoms in total. The van der Waals surface area contributed by atoms with Gasteiger partial charge in [-0.1, -0.05) is 137 Å². The fraction of sp³-hybridized carbons (Fsp3) is 0.213. The van der Waals surface area contributed by atoms with Crippen molar-refractivity contribution in [1.82, 2.24) is 4.57 Å². The molecule has 1 heterocycles. The van der Waals surface area contributed by atoms with Crippen LogP contribution in [0.5, 0.6) is 5.75 Å². The SMILES string of the molecule is Cc1ccc(-c2ccc(-c3ccccc3)cc2)c(-c2ccc(C)c(-c3n(-c4c(C(C)C)cccc4C(C)C)c4ccccc4[n+]3C)c2C)c1O. The molecule has 0 unspecified atom stereocenters. The fourth-order valence-corrected chi connectivity index (χ4v) is 7.73. The number of aromatic hydroxyl groups is 1. The lowest BCUT2D eigenvalue weighted by Crippen LogP contribution is -2.31. The zero-order valence-electron chi connectivity index (χ0n) is 30.5. The minimum absolute atomic E-state index is 0.324. The maximum atomic E-state index is 11.9. The molecule has 3 heteroatoms. The van der Waals surface area contributed by atoms with Crippen LogP contribution < -0.4 is 4.57 Å². The van der Waals surface area contributed by atoms with Crippen molar-refractivity contribution in [1.29, 1.82) is 0 Å². The summed E-state index contributed by atoms with van der Waals surface area (Å²) in [5.41, 5.74) is 17.0. The molecule has 0 saturated carbocycles. The van der Waals surface area contributed by atoms with Gasteiger partial charge >= 0.3 is 0 Å². The number of aromatic nitrogens is 2. The Kier molecular flexibility index (Phi) is 8.70. The van der Waals surface area contributed by atoms with Crippen LogP contribution in [0.1, 0.15) is 67.3 Å². The molecule has 250 valence electrons. The van der Waals surface area contributed by atoms with Gasteiger partial charge in [-0.3, -0.25) is 0 Å². The zero-order chi connectivity index (χ0) is 35.3. The van der Waals surface area contributed by atoms with Crippen molar-refractivity contribution < 1.29 is 9.67 Å². The van der Waals surface area contributed by atoms with Gasteiger partial charge in [0.25, 0.3) is 5.82 Å². The Morgan fingerprint density at radius 1 is 0.540 bits per heavy atom. The van der Waals surface area contributed by atoms with Gasteiger partial charge in [-0.15, -0.1) is 0 Å². The van der Waals surface area contributed by atoms with E-state index in [-0.39, 0.29) is 0 Å². The zero-order valence-corrected chi connectivity index (χ0v) is 30.5. The highest BCUT2D eigenvalue weighted by Gasteiger charge is 2.33. The first-order valence-corrected chi connectivity index (χ1v) is 17.8. The van der Waals surface area contributed by atoms with E-state index in [0.717, 1.165) is 39.2 Å². The van der Waals surface area contributed by atoms with Crippen LogP contribution >= 0.6 is 0 Å². The standard InChI is InChI=1S/C47H46N2O/c1-29(2)37-17-14-18-38(30(3)4)45(37)49-42-20-13-12-19-41(42)48(8)47(49)43-31(5)21-27-39(33(43)7)44-40(28-22-32(6)46(44)50)36-25-23-35(24-26-36)34-15-10-9-11-16-34/h9-30H,1-8H3/p+1. The highest BCUT2D eigenvalue weighted by molar-refractivity contribution is 5.93. The van der Waals surface area contributed by atoms with Crippen molar-refractivity contribution in [2.45, 2.75) is 60.3 Å². The third-order valence-electron chi connectivity index (χ3n) is 10.4. The molecule has 0 spiro atoms. The summed E-state index contributed by atoms with van der Waals surface area (Å²) in [4.78, 5) is 0. The number of rotatable bonds is 7. The molecule has 0 atom stereocenters. The van der Waals surface area contributed by atoms with E-state index in [9.17, 15) is 5.11 Å². The smallest absolute Gasteiger partial charge is 0.295 e. The number of phenolic OH excluding ortho intramolecular Hbond substituents is 1. The monoisotopic (exact) mass is 655 g/mol. The van der Waals surface area contributed by atoms with Crippen LogP contribution in [0.3, 0.4) is 0 Å². The molecule has 50 heavy (non-hydrogen) atoms. The summed E-state index contributed by atoms with van der Waals surface area (Å²) in [6.07, 6.45) is 0. The van der Waals surface area contributed by atoms with Crippen LogP contribution in [0.4, 0.5) is 0 Å². The van der Waals surface area contributed by atoms with E-state index in [1.165, 1.54) is 50.1 Å². The maximum Gasteiger partial charge on any atom is 0.295 e. The molecule has 0 amide bonds. The molecule has 0 aliphatic carbocycles. The van der Waals surface area contributed by atoms with Crippen LogP contribution in [-0.2, 0) is 7.05 Å². The number of fused-ring (bicyclic) bond motifs is 1. The third kappa shape index (κ3) is 5.51. The normalized spacial score (nSPS) is 11.6. The van der Waals surface area contributed by atoms with Crippen molar-refractivity contribution in [3.05, 3.63) is 149 Å². The minimum atomic E-state index is 0.324. The Morgan fingerprint density at radius 2 is 1.10 bits per heavy atom. The number of imidazole rings is 1. The lowest BCUT2D eigenvalue weighted by molar-refractivity contribution is -0.633. The average Bonchev–Trinajstić information content (AvgIpc) is 3.41. The molecule has 1 N–H and O–H groups in total. The first-order chi connectivity index (χ1) is 24.1. The molecule has 0 aliphatic rings. The first kappa shape index (κ1) is 33.1. The van der Waals surface area contributed by atoms with Crippen LogP contribution in [0.25, 0.3) is 61.5 Å². The summed E-state index contributed by atoms with van der Waals surface area (Å²) in [6.45, 7) is 15.6. The van der Waals surface area contributed by atoms with Gasteiger partial charge in [-0.25, -0.2) is 4.57 Å². The summed E-state index contributed by atoms with van der Waals surface area (Å²) >= 11 is 0. The highest BCUT2D eigenvalue weighted by Crippen LogP contribution is 2.46. The topological polar surface area (TPSA) is 29.0 Å². The molecule has 7 aromatic rings. The van der Waals surface area contributed by atoms with Gasteiger partial charge in [-0.2, -0.15) is 4.57 Å². The Balaban J connectivity index is 1.51. The number of aryl methyl sites for hydroxylation is 3. The Hall–Kier alpha value is -5.41. The van der Waals surface area contributed by atoms with Gasteiger partial charge in [-0.05, 0) is 89.2 Å². The third-order valence-corrected chi connectivity index (χ3v) is 10.4. The van der Waals surface area contributed by atoms with Gasteiger partial charge in [0, 0.05) is 16.7 Å². The van der Waals surface area contributed by atoms with Crippen molar-refractivity contribution in [3.63, 3.8) is 0 Å². The van der Waals surface area contributed by atoms with Crippen LogP contribution in [0.2, 0.25) is 0 Å². The first-order valence-electron chi connectivity index (χ1n) is 17.8. The summed E-state index contributed by atoms with van der Waals surface area (Å²) in [6, 6.07) is 43.3. The Morgan fingerprint density at radius 3 is 1.76 bits per heavy atom. The van der Waals surface area contributed by atoms with E-state index in [2.05, 4.69) is 167 Å². The van der Waals surface area contributed by atoms with Crippen LogP contribution in [0, 0.1) is 20.8 Å². The highest BCUT2D eigenvalue weighted by atomic mass is 16.3. The van der Waals surface area contributed by atoms with Gasteiger partial charge in [0.15, 0.2) is 11.0 Å². The second-order valence-corrected chi connectivity index (χ2v) is 14.3. The van der Waals surface area contributed by atoms with E-state index in [1.807, 2.05) is 19.1 Å². The van der Waals surface area contributed by atoms with E-state index < -0.39 is 0 Å². The molecular weight excluding hydrogens is 609 g/mol. The summed E-state index contributed by atoms with van der Waals surface area (Å²) in [5, 5.41) is 11.9. The average molecular weight is 656 g/mol. The van der Waals surface area contributed by atoms with Gasteiger partial charge in [0.1, 0.15) is 11.4 Å². The van der Waals surface area contributed by atoms with Crippen LogP contribution in [-0.4, -0.2) is 9.67 Å². The fourth-order valence-electron chi connectivity index (χ4n) is 7.73. The molecule has 0 saturated heterocycles. The Bertz CT molecular complexity index is 2330. The summed E-state index contributed by atoms with van der Waals surface area (Å²) < 4.78 is 4.87. The number of benzene rings is 6. The van der Waals surface area contributed by atoms with Gasteiger partial charge in [0.05, 0.1) is 12.6 Å². The summed E-state index contributed by atoms with van der Waals surface area (Å²) in [7, 11) is 2.19. The van der Waals surface area contributed by atoms with Crippen molar-refractivity contribution in [2.75, 3.05) is 0 Å². The Labute approximate surface area is 297 Å². The molecule has 0 radical (unpaired) electrons. The molecule has 0 fully saturated rings. The maximum absolute atomic E-state index is 11.9. The number of hydrogen-bond donors (Lipinski definition) is 1. The molecule has 1 aromatic heterocycles.